The molecule has 0 aromatic heterocycles. The third kappa shape index (κ3) is 5.10. The average Bonchev–Trinajstić information content (AvgIpc) is 3.19. The zero-order valence-corrected chi connectivity index (χ0v) is 18.2. The topological polar surface area (TPSA) is 50.7 Å². The van der Waals surface area contributed by atoms with E-state index < -0.39 is 18.7 Å². The number of alkyl halides is 2. The molecule has 1 N–H and O–H groups in total. The number of carbonyl (C=O) groups excluding carboxylic acids is 1. The number of nitrogens with zero attached hydrogens (tertiary/aromatic N) is 1. The van der Waals surface area contributed by atoms with Gasteiger partial charge in [0.2, 0.25) is 6.43 Å². The first-order valence-electron chi connectivity index (χ1n) is 10.3. The molecule has 4 nitrogen and oxygen atoms in total. The summed E-state index contributed by atoms with van der Waals surface area (Å²) in [6.07, 6.45) is 0.330. The van der Waals surface area contributed by atoms with Crippen LogP contribution in [-0.4, -0.2) is 25.1 Å². The number of ether oxygens (including phenoxy) is 1. The van der Waals surface area contributed by atoms with Gasteiger partial charge in [0.15, 0.2) is 5.78 Å². The van der Waals surface area contributed by atoms with Crippen LogP contribution in [0.15, 0.2) is 64.8 Å². The van der Waals surface area contributed by atoms with Crippen LogP contribution in [0.3, 0.4) is 0 Å². The van der Waals surface area contributed by atoms with E-state index in [2.05, 4.69) is 10.3 Å². The molecule has 2 aromatic rings. The second kappa shape index (κ2) is 10.3. The van der Waals surface area contributed by atoms with Crippen molar-refractivity contribution in [1.29, 1.82) is 0 Å². The summed E-state index contributed by atoms with van der Waals surface area (Å²) in [6, 6.07) is 9.63. The molecule has 0 unspecified atom stereocenters. The van der Waals surface area contributed by atoms with Crippen LogP contribution in [0.4, 0.5) is 13.2 Å². The SMILES string of the molecule is C/C=C1/C(C(=O)c2cccc(OCc3ccc(C)cc3F)c2CCC(F)F)=CNC1=NC. The Morgan fingerprint density at radius 3 is 2.69 bits per heavy atom. The number of ketones is 1. The van der Waals surface area contributed by atoms with E-state index in [4.69, 9.17) is 4.74 Å². The molecule has 7 heteroatoms. The predicted octanol–water partition coefficient (Wildman–Crippen LogP) is 5.56. The van der Waals surface area contributed by atoms with Crippen molar-refractivity contribution >= 4 is 11.6 Å². The van der Waals surface area contributed by atoms with Crippen molar-refractivity contribution in [3.05, 3.63) is 87.9 Å². The maximum Gasteiger partial charge on any atom is 0.239 e. The van der Waals surface area contributed by atoms with Gasteiger partial charge in [-0.2, -0.15) is 0 Å². The van der Waals surface area contributed by atoms with Gasteiger partial charge in [0.05, 0.1) is 0 Å². The summed E-state index contributed by atoms with van der Waals surface area (Å²) in [5.74, 6) is 0.125. The molecule has 0 spiro atoms. The highest BCUT2D eigenvalue weighted by Gasteiger charge is 2.27. The van der Waals surface area contributed by atoms with Gasteiger partial charge >= 0.3 is 0 Å². The van der Waals surface area contributed by atoms with E-state index in [-0.39, 0.29) is 30.1 Å². The summed E-state index contributed by atoms with van der Waals surface area (Å²) >= 11 is 0. The number of benzene rings is 2. The molecule has 3 rings (SSSR count). The molecule has 0 aliphatic carbocycles. The van der Waals surface area contributed by atoms with Crippen molar-refractivity contribution < 1.29 is 22.7 Å². The lowest BCUT2D eigenvalue weighted by atomic mass is 9.92. The monoisotopic (exact) mass is 442 g/mol. The number of carbonyl (C=O) groups is 1. The Labute approximate surface area is 185 Å². The number of hydrogen-bond acceptors (Lipinski definition) is 3. The minimum absolute atomic E-state index is 0.0497. The van der Waals surface area contributed by atoms with Gasteiger partial charge in [0.1, 0.15) is 24.0 Å². The molecule has 2 aromatic carbocycles. The number of nitrogens with one attached hydrogen (secondary N) is 1. The molecule has 1 heterocycles. The third-order valence-electron chi connectivity index (χ3n) is 5.24. The van der Waals surface area contributed by atoms with Gasteiger partial charge in [-0.3, -0.25) is 9.79 Å². The van der Waals surface area contributed by atoms with Crippen molar-refractivity contribution in [3.63, 3.8) is 0 Å². The number of allylic oxidation sites excluding steroid dienone is 1. The summed E-state index contributed by atoms with van der Waals surface area (Å²) < 4.78 is 46.1. The summed E-state index contributed by atoms with van der Waals surface area (Å²) in [5.41, 5.74) is 2.82. The van der Waals surface area contributed by atoms with Crippen LogP contribution in [0.5, 0.6) is 5.75 Å². The highest BCUT2D eigenvalue weighted by Crippen LogP contribution is 2.30. The molecule has 0 atom stereocenters. The van der Waals surface area contributed by atoms with Crippen LogP contribution in [0.25, 0.3) is 0 Å². The van der Waals surface area contributed by atoms with E-state index in [9.17, 15) is 18.0 Å². The zero-order valence-electron chi connectivity index (χ0n) is 18.2. The number of aryl methyl sites for hydroxylation is 1. The second-order valence-corrected chi connectivity index (χ2v) is 7.40. The number of rotatable bonds is 8. The fourth-order valence-corrected chi connectivity index (χ4v) is 3.58. The van der Waals surface area contributed by atoms with E-state index in [0.717, 1.165) is 5.56 Å². The summed E-state index contributed by atoms with van der Waals surface area (Å²) in [5, 5.41) is 2.96. The van der Waals surface area contributed by atoms with Crippen LogP contribution in [0, 0.1) is 12.7 Å². The van der Waals surface area contributed by atoms with Crippen molar-refractivity contribution in [2.75, 3.05) is 7.05 Å². The first-order chi connectivity index (χ1) is 15.3. The fraction of sp³-hybridized carbons (Fsp3) is 0.280. The van der Waals surface area contributed by atoms with Crippen LogP contribution < -0.4 is 10.1 Å². The van der Waals surface area contributed by atoms with E-state index in [1.165, 1.54) is 6.07 Å². The van der Waals surface area contributed by atoms with Crippen molar-refractivity contribution in [2.24, 2.45) is 4.99 Å². The van der Waals surface area contributed by atoms with Gasteiger partial charge < -0.3 is 10.1 Å². The molecule has 0 fully saturated rings. The Bertz CT molecular complexity index is 1100. The van der Waals surface area contributed by atoms with Crippen molar-refractivity contribution in [1.82, 2.24) is 5.32 Å². The highest BCUT2D eigenvalue weighted by atomic mass is 19.3. The van der Waals surface area contributed by atoms with Crippen LogP contribution in [0.2, 0.25) is 0 Å². The molecule has 168 valence electrons. The maximum atomic E-state index is 14.2. The lowest BCUT2D eigenvalue weighted by molar-refractivity contribution is 0.103. The smallest absolute Gasteiger partial charge is 0.239 e. The van der Waals surface area contributed by atoms with E-state index >= 15 is 0 Å². The average molecular weight is 442 g/mol. The number of hydrogen-bond donors (Lipinski definition) is 1. The molecular weight excluding hydrogens is 417 g/mol. The van der Waals surface area contributed by atoms with Gasteiger partial charge in [-0.1, -0.05) is 30.3 Å². The Morgan fingerprint density at radius 2 is 2.03 bits per heavy atom. The molecule has 0 amide bonds. The maximum absolute atomic E-state index is 14.2. The lowest BCUT2D eigenvalue weighted by Crippen LogP contribution is -2.14. The second-order valence-electron chi connectivity index (χ2n) is 7.40. The molecule has 1 aliphatic rings. The van der Waals surface area contributed by atoms with E-state index in [1.54, 1.807) is 63.5 Å². The molecule has 32 heavy (non-hydrogen) atoms. The standard InChI is InChI=1S/C25H25F3N2O2/c1-4-17-20(13-30-25(17)29-3)24(31)19-6-5-7-22(18(19)10-11-23(27)28)32-14-16-9-8-15(2)12-21(16)26/h4-9,12-13,23H,10-11,14H2,1-3H3,(H,29,30)/b17-4-. The molecule has 0 saturated carbocycles. The Hall–Kier alpha value is -3.35. The highest BCUT2D eigenvalue weighted by molar-refractivity contribution is 6.22. The van der Waals surface area contributed by atoms with E-state index in [0.29, 0.717) is 28.1 Å². The number of Topliss-reactive ketones (excluding diaryl/α,β-unsaturated/α-hetero) is 1. The lowest BCUT2D eigenvalue weighted by Gasteiger charge is -2.16. The number of amidine groups is 1. The zero-order chi connectivity index (χ0) is 23.3. The molecule has 0 bridgehead atoms. The van der Waals surface area contributed by atoms with Gasteiger partial charge in [0, 0.05) is 47.5 Å². The summed E-state index contributed by atoms with van der Waals surface area (Å²) in [7, 11) is 1.61. The molecule has 0 radical (unpaired) electrons. The fourth-order valence-electron chi connectivity index (χ4n) is 3.58. The normalized spacial score (nSPS) is 15.9. The molecule has 1 aliphatic heterocycles. The summed E-state index contributed by atoms with van der Waals surface area (Å²) in [6.45, 7) is 3.50. The Balaban J connectivity index is 1.95. The minimum atomic E-state index is -2.53. The Kier molecular flexibility index (Phi) is 7.51. The first-order valence-corrected chi connectivity index (χ1v) is 10.3. The first kappa shape index (κ1) is 23.3. The quantitative estimate of drug-likeness (QED) is 0.545. The van der Waals surface area contributed by atoms with Gasteiger partial charge in [-0.05, 0) is 38.0 Å². The van der Waals surface area contributed by atoms with Crippen molar-refractivity contribution in [3.8, 4) is 5.75 Å². The summed E-state index contributed by atoms with van der Waals surface area (Å²) in [4.78, 5) is 17.5. The number of aliphatic imine (C=N–C) groups is 1. The van der Waals surface area contributed by atoms with Gasteiger partial charge in [-0.25, -0.2) is 13.2 Å². The van der Waals surface area contributed by atoms with Gasteiger partial charge in [0.25, 0.3) is 0 Å². The largest absolute Gasteiger partial charge is 0.488 e. The van der Waals surface area contributed by atoms with Crippen LogP contribution in [-0.2, 0) is 13.0 Å². The van der Waals surface area contributed by atoms with Crippen LogP contribution >= 0.6 is 0 Å². The van der Waals surface area contributed by atoms with Gasteiger partial charge in [-0.15, -0.1) is 0 Å². The minimum Gasteiger partial charge on any atom is -0.488 e. The molecular formula is C25H25F3N2O2. The van der Waals surface area contributed by atoms with Crippen LogP contribution in [0.1, 0.15) is 40.4 Å². The Morgan fingerprint density at radius 1 is 1.25 bits per heavy atom. The van der Waals surface area contributed by atoms with Crippen molar-refractivity contribution in [2.45, 2.75) is 39.7 Å². The number of halogens is 3. The molecule has 0 saturated heterocycles. The predicted molar refractivity (Wildman–Crippen MR) is 119 cm³/mol. The third-order valence-corrected chi connectivity index (χ3v) is 5.24. The van der Waals surface area contributed by atoms with E-state index in [1.807, 2.05) is 0 Å².